The number of benzene rings is 1. The number of Topliss-reactive ketones (excluding diaryl/α,β-unsaturated/α-hetero) is 1. The summed E-state index contributed by atoms with van der Waals surface area (Å²) in [7, 11) is 0. The zero-order valence-electron chi connectivity index (χ0n) is 13.1. The van der Waals surface area contributed by atoms with Crippen LogP contribution >= 0.6 is 0 Å². The lowest BCUT2D eigenvalue weighted by atomic mass is 9.70. The van der Waals surface area contributed by atoms with Crippen molar-refractivity contribution in [2.24, 2.45) is 16.7 Å². The summed E-state index contributed by atoms with van der Waals surface area (Å²) >= 11 is 0. The Hall–Kier alpha value is -2.10. The van der Waals surface area contributed by atoms with E-state index in [1.54, 1.807) is 30.5 Å². The second-order valence-electron chi connectivity index (χ2n) is 7.07. The molecule has 4 nitrogen and oxygen atoms in total. The molecule has 0 aromatic heterocycles. The van der Waals surface area contributed by atoms with E-state index >= 15 is 0 Å². The van der Waals surface area contributed by atoms with Crippen molar-refractivity contribution in [3.8, 4) is 0 Å². The first-order valence-electron chi connectivity index (χ1n) is 7.63. The lowest BCUT2D eigenvalue weighted by molar-refractivity contribution is -0.125. The molecule has 2 fully saturated rings. The van der Waals surface area contributed by atoms with Crippen LogP contribution in [-0.2, 0) is 4.79 Å². The van der Waals surface area contributed by atoms with E-state index in [0.717, 1.165) is 18.4 Å². The third-order valence-electron chi connectivity index (χ3n) is 5.91. The van der Waals surface area contributed by atoms with Gasteiger partial charge in [0.15, 0.2) is 5.78 Å². The van der Waals surface area contributed by atoms with Gasteiger partial charge in [0.2, 0.25) is 0 Å². The van der Waals surface area contributed by atoms with Crippen molar-refractivity contribution in [3.05, 3.63) is 41.6 Å². The lowest BCUT2D eigenvalue weighted by Crippen LogP contribution is -2.32. The molecule has 2 bridgehead atoms. The fourth-order valence-electron chi connectivity index (χ4n) is 4.04. The van der Waals surface area contributed by atoms with Gasteiger partial charge in [0.25, 0.3) is 0 Å². The van der Waals surface area contributed by atoms with Crippen molar-refractivity contribution in [1.29, 1.82) is 0 Å². The average molecular weight is 299 g/mol. The van der Waals surface area contributed by atoms with Crippen LogP contribution in [0.3, 0.4) is 0 Å². The summed E-state index contributed by atoms with van der Waals surface area (Å²) in [5.74, 6) is -0.531. The molecule has 0 heterocycles. The van der Waals surface area contributed by atoms with Gasteiger partial charge in [-0.05, 0) is 36.3 Å². The molecular weight excluding hydrogens is 278 g/mol. The highest BCUT2D eigenvalue weighted by atomic mass is 16.4. The molecule has 2 aliphatic carbocycles. The number of carboxylic acid groups (broad SMARTS) is 1. The molecule has 0 saturated heterocycles. The highest BCUT2D eigenvalue weighted by Crippen LogP contribution is 2.65. The molecule has 4 heteroatoms. The second-order valence-corrected chi connectivity index (χ2v) is 7.07. The number of carboxylic acids is 1. The number of aromatic carboxylic acids is 1. The molecule has 0 spiro atoms. The Kier molecular flexibility index (Phi) is 3.17. The number of carbonyl (C=O) groups excluding carboxylic acids is 1. The fourth-order valence-corrected chi connectivity index (χ4v) is 4.04. The maximum atomic E-state index is 12.7. The number of fused-ring (bicyclic) bond motifs is 2. The van der Waals surface area contributed by atoms with Crippen molar-refractivity contribution in [2.75, 3.05) is 5.32 Å². The van der Waals surface area contributed by atoms with Crippen molar-refractivity contribution < 1.29 is 14.7 Å². The standard InChI is InChI=1S/C18H21NO3/c1-17(2)13-8-9-18(17,3)15(20)12(13)10-19-14-7-5-4-6-11(14)16(21)22/h4-7,10,13,19H,8-9H2,1-3H3,(H,21,22)/b12-10+. The summed E-state index contributed by atoms with van der Waals surface area (Å²) in [4.78, 5) is 24.0. The van der Waals surface area contributed by atoms with E-state index in [9.17, 15) is 14.7 Å². The Balaban J connectivity index is 1.93. The minimum atomic E-state index is -0.979. The molecule has 0 radical (unpaired) electrons. The first kappa shape index (κ1) is 14.8. The highest BCUT2D eigenvalue weighted by Gasteiger charge is 2.63. The zero-order chi connectivity index (χ0) is 16.1. The van der Waals surface area contributed by atoms with Crippen LogP contribution in [0, 0.1) is 16.7 Å². The number of anilines is 1. The topological polar surface area (TPSA) is 66.4 Å². The van der Waals surface area contributed by atoms with E-state index in [4.69, 9.17) is 0 Å². The molecule has 2 unspecified atom stereocenters. The largest absolute Gasteiger partial charge is 0.478 e. The van der Waals surface area contributed by atoms with Gasteiger partial charge in [-0.15, -0.1) is 0 Å². The number of hydrogen-bond donors (Lipinski definition) is 2. The molecule has 2 atom stereocenters. The van der Waals surface area contributed by atoms with E-state index in [1.165, 1.54) is 0 Å². The van der Waals surface area contributed by atoms with Crippen molar-refractivity contribution in [1.82, 2.24) is 0 Å². The van der Waals surface area contributed by atoms with Gasteiger partial charge in [0.05, 0.1) is 11.3 Å². The first-order valence-corrected chi connectivity index (χ1v) is 7.63. The van der Waals surface area contributed by atoms with E-state index in [0.29, 0.717) is 5.69 Å². The molecule has 3 rings (SSSR count). The molecule has 2 aliphatic rings. The average Bonchev–Trinajstić information content (AvgIpc) is 2.78. The molecule has 22 heavy (non-hydrogen) atoms. The van der Waals surface area contributed by atoms with Crippen molar-refractivity contribution >= 4 is 17.4 Å². The van der Waals surface area contributed by atoms with Gasteiger partial charge < -0.3 is 10.4 Å². The number of allylic oxidation sites excluding steroid dienone is 1. The van der Waals surface area contributed by atoms with Crippen LogP contribution in [0.25, 0.3) is 0 Å². The van der Waals surface area contributed by atoms with E-state index < -0.39 is 5.97 Å². The third-order valence-corrected chi connectivity index (χ3v) is 5.91. The van der Waals surface area contributed by atoms with Crippen molar-refractivity contribution in [3.63, 3.8) is 0 Å². The van der Waals surface area contributed by atoms with E-state index in [1.807, 2.05) is 0 Å². The van der Waals surface area contributed by atoms with E-state index in [2.05, 4.69) is 26.1 Å². The minimum Gasteiger partial charge on any atom is -0.478 e. The first-order chi connectivity index (χ1) is 10.3. The summed E-state index contributed by atoms with van der Waals surface area (Å²) in [6.07, 6.45) is 3.68. The van der Waals surface area contributed by atoms with Gasteiger partial charge in [-0.1, -0.05) is 32.9 Å². The third kappa shape index (κ3) is 1.83. The Morgan fingerprint density at radius 2 is 2.00 bits per heavy atom. The second kappa shape index (κ2) is 4.70. The maximum absolute atomic E-state index is 12.7. The van der Waals surface area contributed by atoms with Crippen LogP contribution < -0.4 is 5.32 Å². The quantitative estimate of drug-likeness (QED) is 0.835. The Bertz CT molecular complexity index is 689. The Morgan fingerprint density at radius 1 is 1.32 bits per heavy atom. The highest BCUT2D eigenvalue weighted by molar-refractivity contribution is 6.05. The number of carbonyl (C=O) groups is 2. The molecular formula is C18H21NO3. The lowest BCUT2D eigenvalue weighted by Gasteiger charge is -2.31. The van der Waals surface area contributed by atoms with Gasteiger partial charge in [0.1, 0.15) is 0 Å². The summed E-state index contributed by atoms with van der Waals surface area (Å²) in [5, 5.41) is 12.3. The smallest absolute Gasteiger partial charge is 0.337 e. The molecule has 2 N–H and O–H groups in total. The summed E-state index contributed by atoms with van der Waals surface area (Å²) in [5.41, 5.74) is 1.20. The van der Waals surface area contributed by atoms with Crippen LogP contribution in [0.15, 0.2) is 36.0 Å². The van der Waals surface area contributed by atoms with Crippen LogP contribution in [0.2, 0.25) is 0 Å². The number of ketones is 1. The molecule has 0 amide bonds. The summed E-state index contributed by atoms with van der Waals surface area (Å²) in [6.45, 7) is 6.38. The number of hydrogen-bond acceptors (Lipinski definition) is 3. The summed E-state index contributed by atoms with van der Waals surface area (Å²) in [6, 6.07) is 6.73. The summed E-state index contributed by atoms with van der Waals surface area (Å²) < 4.78 is 0. The van der Waals surface area contributed by atoms with Gasteiger partial charge in [-0.2, -0.15) is 0 Å². The van der Waals surface area contributed by atoms with Crippen LogP contribution in [0.4, 0.5) is 5.69 Å². The minimum absolute atomic E-state index is 0.0378. The van der Waals surface area contributed by atoms with Crippen LogP contribution in [-0.4, -0.2) is 16.9 Å². The van der Waals surface area contributed by atoms with Crippen LogP contribution in [0.1, 0.15) is 44.0 Å². The fraction of sp³-hybridized carbons (Fsp3) is 0.444. The Labute approximate surface area is 130 Å². The molecule has 1 aromatic rings. The van der Waals surface area contributed by atoms with Gasteiger partial charge in [-0.25, -0.2) is 4.79 Å². The number of nitrogens with one attached hydrogen (secondary N) is 1. The normalized spacial score (nSPS) is 30.8. The number of rotatable bonds is 3. The van der Waals surface area contributed by atoms with Crippen LogP contribution in [0.5, 0.6) is 0 Å². The molecule has 116 valence electrons. The SMILES string of the molecule is CC12CCC(/C(=C\Nc3ccccc3C(=O)O)C1=O)C2(C)C. The van der Waals surface area contributed by atoms with Gasteiger partial charge in [-0.3, -0.25) is 4.79 Å². The Morgan fingerprint density at radius 3 is 2.59 bits per heavy atom. The zero-order valence-corrected chi connectivity index (χ0v) is 13.1. The predicted molar refractivity (Wildman–Crippen MR) is 84.7 cm³/mol. The molecule has 2 saturated carbocycles. The maximum Gasteiger partial charge on any atom is 0.337 e. The predicted octanol–water partition coefficient (Wildman–Crippen LogP) is 3.71. The monoisotopic (exact) mass is 299 g/mol. The van der Waals surface area contributed by atoms with Gasteiger partial charge >= 0.3 is 5.97 Å². The number of para-hydroxylation sites is 1. The van der Waals surface area contributed by atoms with Gasteiger partial charge in [0, 0.05) is 17.2 Å². The van der Waals surface area contributed by atoms with Crippen molar-refractivity contribution in [2.45, 2.75) is 33.6 Å². The van der Waals surface area contributed by atoms with E-state index in [-0.39, 0.29) is 28.1 Å². The molecule has 1 aromatic carbocycles. The molecule has 0 aliphatic heterocycles.